The standard InChI is InChI=1S/C15H14/c1-11-6-8-13-10-12-4-2-3-5-14(12)15(13)9-7-11/h2-5,7-9H,6,10H2,1H3. The van der Waals surface area contributed by atoms with Gasteiger partial charge >= 0.3 is 0 Å². The lowest BCUT2D eigenvalue weighted by atomic mass is 10.1. The van der Waals surface area contributed by atoms with E-state index in [9.17, 15) is 0 Å². The van der Waals surface area contributed by atoms with Gasteiger partial charge in [-0.1, -0.05) is 48.1 Å². The normalized spacial score (nSPS) is 18.3. The van der Waals surface area contributed by atoms with Crippen LogP contribution in [0.4, 0.5) is 0 Å². The first-order valence-corrected chi connectivity index (χ1v) is 5.50. The molecule has 3 rings (SSSR count). The summed E-state index contributed by atoms with van der Waals surface area (Å²) < 4.78 is 0. The minimum absolute atomic E-state index is 1.10. The van der Waals surface area contributed by atoms with E-state index in [0.29, 0.717) is 0 Å². The number of rotatable bonds is 0. The summed E-state index contributed by atoms with van der Waals surface area (Å²) in [5.74, 6) is 0. The molecule has 1 aromatic rings. The molecule has 1 aromatic carbocycles. The molecule has 0 bridgehead atoms. The second kappa shape index (κ2) is 3.23. The molecule has 0 N–H and O–H groups in total. The van der Waals surface area contributed by atoms with Crippen LogP contribution in [-0.2, 0) is 6.42 Å². The first-order chi connectivity index (χ1) is 7.34. The molecule has 0 heterocycles. The van der Waals surface area contributed by atoms with E-state index in [1.165, 1.54) is 27.8 Å². The zero-order chi connectivity index (χ0) is 10.3. The SMILES string of the molecule is CC1=CC=C2C(=CC1)Cc1ccccc12. The van der Waals surface area contributed by atoms with Gasteiger partial charge in [0.25, 0.3) is 0 Å². The number of benzene rings is 1. The molecule has 0 saturated heterocycles. The van der Waals surface area contributed by atoms with E-state index in [4.69, 9.17) is 0 Å². The molecule has 0 atom stereocenters. The smallest absolute Gasteiger partial charge is 0.00165 e. The lowest BCUT2D eigenvalue weighted by Crippen LogP contribution is -1.79. The van der Waals surface area contributed by atoms with E-state index in [1.807, 2.05) is 0 Å². The maximum atomic E-state index is 2.38. The summed E-state index contributed by atoms with van der Waals surface area (Å²) >= 11 is 0. The maximum absolute atomic E-state index is 2.38. The molecule has 15 heavy (non-hydrogen) atoms. The van der Waals surface area contributed by atoms with Crippen LogP contribution >= 0.6 is 0 Å². The number of hydrogen-bond donors (Lipinski definition) is 0. The topological polar surface area (TPSA) is 0 Å². The fourth-order valence-corrected chi connectivity index (χ4v) is 2.37. The second-order valence-electron chi connectivity index (χ2n) is 4.36. The van der Waals surface area contributed by atoms with Crippen LogP contribution in [-0.4, -0.2) is 0 Å². The van der Waals surface area contributed by atoms with Gasteiger partial charge in [-0.05, 0) is 42.0 Å². The number of hydrogen-bond acceptors (Lipinski definition) is 0. The van der Waals surface area contributed by atoms with Gasteiger partial charge in [-0.3, -0.25) is 0 Å². The fourth-order valence-electron chi connectivity index (χ4n) is 2.37. The summed E-state index contributed by atoms with van der Waals surface area (Å²) in [6.07, 6.45) is 9.12. The summed E-state index contributed by atoms with van der Waals surface area (Å²) in [6, 6.07) is 8.73. The van der Waals surface area contributed by atoms with Crippen molar-refractivity contribution in [1.29, 1.82) is 0 Å². The van der Waals surface area contributed by atoms with Crippen LogP contribution in [0.3, 0.4) is 0 Å². The van der Waals surface area contributed by atoms with Crippen molar-refractivity contribution < 1.29 is 0 Å². The third-order valence-electron chi connectivity index (χ3n) is 3.24. The van der Waals surface area contributed by atoms with E-state index in [-0.39, 0.29) is 0 Å². The van der Waals surface area contributed by atoms with Gasteiger partial charge < -0.3 is 0 Å². The van der Waals surface area contributed by atoms with Crippen molar-refractivity contribution in [3.8, 4) is 0 Å². The fraction of sp³-hybridized carbons (Fsp3) is 0.200. The van der Waals surface area contributed by atoms with Crippen molar-refractivity contribution in [3.63, 3.8) is 0 Å². The van der Waals surface area contributed by atoms with Gasteiger partial charge in [0.15, 0.2) is 0 Å². The molecule has 0 aliphatic heterocycles. The molecule has 2 aliphatic rings. The Morgan fingerprint density at radius 1 is 1.07 bits per heavy atom. The Labute approximate surface area is 90.6 Å². The van der Waals surface area contributed by atoms with Crippen LogP contribution in [0.5, 0.6) is 0 Å². The van der Waals surface area contributed by atoms with Gasteiger partial charge in [-0.2, -0.15) is 0 Å². The Morgan fingerprint density at radius 2 is 1.93 bits per heavy atom. The van der Waals surface area contributed by atoms with Gasteiger partial charge in [0, 0.05) is 0 Å². The lowest BCUT2D eigenvalue weighted by Gasteiger charge is -1.99. The highest BCUT2D eigenvalue weighted by Gasteiger charge is 2.20. The van der Waals surface area contributed by atoms with Gasteiger partial charge in [0.05, 0.1) is 0 Å². The molecule has 2 aliphatic carbocycles. The maximum Gasteiger partial charge on any atom is -0.00165 e. The molecule has 0 unspecified atom stereocenters. The average molecular weight is 194 g/mol. The van der Waals surface area contributed by atoms with Crippen LogP contribution < -0.4 is 0 Å². The summed E-state index contributed by atoms with van der Waals surface area (Å²) in [5.41, 5.74) is 7.28. The Morgan fingerprint density at radius 3 is 2.87 bits per heavy atom. The van der Waals surface area contributed by atoms with Crippen molar-refractivity contribution >= 4 is 5.57 Å². The lowest BCUT2D eigenvalue weighted by molar-refractivity contribution is 1.17. The molecule has 0 heteroatoms. The summed E-state index contributed by atoms with van der Waals surface area (Å²) in [7, 11) is 0. The summed E-state index contributed by atoms with van der Waals surface area (Å²) in [4.78, 5) is 0. The van der Waals surface area contributed by atoms with Gasteiger partial charge in [-0.15, -0.1) is 0 Å². The number of allylic oxidation sites excluding steroid dienone is 6. The molecule has 0 spiro atoms. The van der Waals surface area contributed by atoms with E-state index in [1.54, 1.807) is 0 Å². The highest BCUT2D eigenvalue weighted by molar-refractivity contribution is 5.87. The van der Waals surface area contributed by atoms with Crippen LogP contribution in [0.1, 0.15) is 24.5 Å². The Balaban J connectivity index is 2.18. The van der Waals surface area contributed by atoms with E-state index >= 15 is 0 Å². The molecule has 0 amide bonds. The molecular formula is C15H14. The van der Waals surface area contributed by atoms with Crippen molar-refractivity contribution in [2.75, 3.05) is 0 Å². The summed E-state index contributed by atoms with van der Waals surface area (Å²) in [6.45, 7) is 2.20. The van der Waals surface area contributed by atoms with Crippen LogP contribution in [0.25, 0.3) is 5.57 Å². The molecule has 0 fully saturated rings. The van der Waals surface area contributed by atoms with Crippen LogP contribution in [0.15, 0.2) is 53.6 Å². The molecule has 0 saturated carbocycles. The minimum atomic E-state index is 1.10. The third kappa shape index (κ3) is 1.37. The molecule has 0 radical (unpaired) electrons. The van der Waals surface area contributed by atoms with Crippen molar-refractivity contribution in [2.24, 2.45) is 0 Å². The van der Waals surface area contributed by atoms with E-state index in [2.05, 4.69) is 49.4 Å². The van der Waals surface area contributed by atoms with E-state index < -0.39 is 0 Å². The second-order valence-corrected chi connectivity index (χ2v) is 4.36. The van der Waals surface area contributed by atoms with Gasteiger partial charge in [0.2, 0.25) is 0 Å². The monoisotopic (exact) mass is 194 g/mol. The van der Waals surface area contributed by atoms with Crippen LogP contribution in [0.2, 0.25) is 0 Å². The first kappa shape index (κ1) is 8.72. The first-order valence-electron chi connectivity index (χ1n) is 5.50. The quantitative estimate of drug-likeness (QED) is 0.587. The zero-order valence-electron chi connectivity index (χ0n) is 8.96. The largest absolute Gasteiger partial charge is 0.0763 e. The summed E-state index contributed by atoms with van der Waals surface area (Å²) in [5, 5.41) is 0. The molecule has 0 aromatic heterocycles. The molecule has 74 valence electrons. The highest BCUT2D eigenvalue weighted by atomic mass is 14.2. The third-order valence-corrected chi connectivity index (χ3v) is 3.24. The predicted molar refractivity (Wildman–Crippen MR) is 64.6 cm³/mol. The van der Waals surface area contributed by atoms with Crippen molar-refractivity contribution in [3.05, 3.63) is 64.8 Å². The Hall–Kier alpha value is -1.56. The minimum Gasteiger partial charge on any atom is -0.0763 e. The van der Waals surface area contributed by atoms with Crippen molar-refractivity contribution in [1.82, 2.24) is 0 Å². The van der Waals surface area contributed by atoms with Crippen molar-refractivity contribution in [2.45, 2.75) is 19.8 Å². The highest BCUT2D eigenvalue weighted by Crippen LogP contribution is 2.38. The van der Waals surface area contributed by atoms with Crippen LogP contribution in [0, 0.1) is 0 Å². The zero-order valence-corrected chi connectivity index (χ0v) is 8.96. The average Bonchev–Trinajstić information content (AvgIpc) is 2.51. The Bertz CT molecular complexity index is 499. The van der Waals surface area contributed by atoms with Gasteiger partial charge in [-0.25, -0.2) is 0 Å². The van der Waals surface area contributed by atoms with E-state index in [0.717, 1.165) is 12.8 Å². The van der Waals surface area contributed by atoms with Gasteiger partial charge in [0.1, 0.15) is 0 Å². The predicted octanol–water partition coefficient (Wildman–Crippen LogP) is 3.90. The number of fused-ring (bicyclic) bond motifs is 3. The molecule has 0 nitrogen and oxygen atoms in total. The Kier molecular flexibility index (Phi) is 1.88. The molecular weight excluding hydrogens is 180 g/mol.